The number of urea groups is 1. The topological polar surface area (TPSA) is 41.1 Å². The van der Waals surface area contributed by atoms with Gasteiger partial charge in [-0.05, 0) is 36.1 Å². The number of rotatable bonds is 4. The van der Waals surface area contributed by atoms with Gasteiger partial charge in [0.05, 0.1) is 6.04 Å². The van der Waals surface area contributed by atoms with Crippen molar-refractivity contribution in [1.82, 2.24) is 10.6 Å². The van der Waals surface area contributed by atoms with Crippen LogP contribution in [-0.2, 0) is 6.54 Å². The molecular formula is C14H15FN2OS. The van der Waals surface area contributed by atoms with Gasteiger partial charge in [-0.25, -0.2) is 9.18 Å². The fourth-order valence-electron chi connectivity index (χ4n) is 1.64. The Balaban J connectivity index is 1.80. The third-order valence-electron chi connectivity index (χ3n) is 2.68. The van der Waals surface area contributed by atoms with E-state index in [-0.39, 0.29) is 17.9 Å². The maximum absolute atomic E-state index is 12.7. The summed E-state index contributed by atoms with van der Waals surface area (Å²) < 4.78 is 12.7. The second-order valence-corrected chi connectivity index (χ2v) is 5.17. The summed E-state index contributed by atoms with van der Waals surface area (Å²) in [5, 5.41) is 7.57. The smallest absolute Gasteiger partial charge is 0.315 e. The Bertz CT molecular complexity index is 525. The lowest BCUT2D eigenvalue weighted by Gasteiger charge is -2.13. The van der Waals surface area contributed by atoms with Crippen LogP contribution < -0.4 is 10.6 Å². The number of carbonyl (C=O) groups is 1. The number of halogens is 1. The minimum absolute atomic E-state index is 0.0202. The van der Waals surface area contributed by atoms with Crippen molar-refractivity contribution in [3.05, 3.63) is 58.0 Å². The maximum Gasteiger partial charge on any atom is 0.315 e. The molecule has 2 rings (SSSR count). The summed E-state index contributed by atoms with van der Waals surface area (Å²) in [6.07, 6.45) is 0. The molecule has 1 heterocycles. The van der Waals surface area contributed by atoms with Crippen molar-refractivity contribution in [1.29, 1.82) is 0 Å². The molecule has 0 saturated heterocycles. The van der Waals surface area contributed by atoms with E-state index in [0.717, 1.165) is 10.4 Å². The lowest BCUT2D eigenvalue weighted by molar-refractivity contribution is 0.237. The van der Waals surface area contributed by atoms with Crippen LogP contribution in [0, 0.1) is 5.82 Å². The van der Waals surface area contributed by atoms with Gasteiger partial charge in [0.15, 0.2) is 0 Å². The van der Waals surface area contributed by atoms with Crippen molar-refractivity contribution in [3.63, 3.8) is 0 Å². The maximum atomic E-state index is 12.7. The van der Waals surface area contributed by atoms with E-state index < -0.39 is 0 Å². The fraction of sp³-hybridized carbons (Fsp3) is 0.214. The van der Waals surface area contributed by atoms with Gasteiger partial charge in [-0.3, -0.25) is 0 Å². The Morgan fingerprint density at radius 3 is 2.68 bits per heavy atom. The zero-order chi connectivity index (χ0) is 13.7. The summed E-state index contributed by atoms with van der Waals surface area (Å²) in [6.45, 7) is 2.31. The van der Waals surface area contributed by atoms with E-state index in [0.29, 0.717) is 6.54 Å². The van der Waals surface area contributed by atoms with E-state index in [1.165, 1.54) is 12.1 Å². The Labute approximate surface area is 115 Å². The van der Waals surface area contributed by atoms with Gasteiger partial charge < -0.3 is 10.6 Å². The minimum Gasteiger partial charge on any atom is -0.334 e. The van der Waals surface area contributed by atoms with E-state index in [9.17, 15) is 9.18 Å². The number of carbonyl (C=O) groups excluding carboxylic acids is 1. The largest absolute Gasteiger partial charge is 0.334 e. The third kappa shape index (κ3) is 4.06. The zero-order valence-corrected chi connectivity index (χ0v) is 11.3. The van der Waals surface area contributed by atoms with Gasteiger partial charge in [0.25, 0.3) is 0 Å². The lowest BCUT2D eigenvalue weighted by Crippen LogP contribution is -2.36. The number of hydrogen-bond donors (Lipinski definition) is 2. The number of hydrogen-bond acceptors (Lipinski definition) is 2. The molecule has 2 N–H and O–H groups in total. The van der Waals surface area contributed by atoms with Gasteiger partial charge in [0.1, 0.15) is 5.82 Å². The average Bonchev–Trinajstić information content (AvgIpc) is 2.92. The highest BCUT2D eigenvalue weighted by molar-refractivity contribution is 7.10. The zero-order valence-electron chi connectivity index (χ0n) is 10.5. The van der Waals surface area contributed by atoms with Crippen LogP contribution in [0.5, 0.6) is 0 Å². The molecule has 0 spiro atoms. The molecule has 19 heavy (non-hydrogen) atoms. The standard InChI is InChI=1S/C14H15FN2OS/c1-10(13-3-2-8-19-13)17-14(18)16-9-11-4-6-12(15)7-5-11/h2-8,10H,9H2,1H3,(H2,16,17,18). The molecule has 2 amide bonds. The first-order valence-electron chi connectivity index (χ1n) is 5.97. The van der Waals surface area contributed by atoms with Crippen molar-refractivity contribution in [3.8, 4) is 0 Å². The van der Waals surface area contributed by atoms with Crippen LogP contribution >= 0.6 is 11.3 Å². The van der Waals surface area contributed by atoms with Gasteiger partial charge in [-0.2, -0.15) is 0 Å². The molecule has 0 saturated carbocycles. The molecule has 100 valence electrons. The number of amides is 2. The highest BCUT2D eigenvalue weighted by Crippen LogP contribution is 2.17. The van der Waals surface area contributed by atoms with Crippen molar-refractivity contribution >= 4 is 17.4 Å². The van der Waals surface area contributed by atoms with Crippen molar-refractivity contribution in [2.75, 3.05) is 0 Å². The van der Waals surface area contributed by atoms with Crippen LogP contribution in [-0.4, -0.2) is 6.03 Å². The molecule has 0 aliphatic rings. The molecule has 5 heteroatoms. The van der Waals surface area contributed by atoms with E-state index in [1.807, 2.05) is 24.4 Å². The van der Waals surface area contributed by atoms with Gasteiger partial charge in [-0.1, -0.05) is 18.2 Å². The second-order valence-electron chi connectivity index (χ2n) is 4.19. The predicted molar refractivity (Wildman–Crippen MR) is 74.5 cm³/mol. The molecule has 0 aliphatic heterocycles. The van der Waals surface area contributed by atoms with E-state index in [4.69, 9.17) is 0 Å². The van der Waals surface area contributed by atoms with Crippen LogP contribution in [0.4, 0.5) is 9.18 Å². The summed E-state index contributed by atoms with van der Waals surface area (Å²) in [6, 6.07) is 9.74. The second kappa shape index (κ2) is 6.33. The number of nitrogens with one attached hydrogen (secondary N) is 2. The molecular weight excluding hydrogens is 263 g/mol. The van der Waals surface area contributed by atoms with E-state index >= 15 is 0 Å². The monoisotopic (exact) mass is 278 g/mol. The molecule has 1 unspecified atom stereocenters. The van der Waals surface area contributed by atoms with Gasteiger partial charge in [0, 0.05) is 11.4 Å². The molecule has 1 aromatic heterocycles. The Kier molecular flexibility index (Phi) is 4.52. The fourth-order valence-corrected chi connectivity index (χ4v) is 2.38. The van der Waals surface area contributed by atoms with Gasteiger partial charge in [-0.15, -0.1) is 11.3 Å². The van der Waals surface area contributed by atoms with Crippen molar-refractivity contribution in [2.24, 2.45) is 0 Å². The van der Waals surface area contributed by atoms with E-state index in [1.54, 1.807) is 23.5 Å². The van der Waals surface area contributed by atoms with Crippen LogP contribution in [0.2, 0.25) is 0 Å². The first-order chi connectivity index (χ1) is 9.15. The summed E-state index contributed by atoms with van der Waals surface area (Å²) in [4.78, 5) is 12.8. The van der Waals surface area contributed by atoms with Gasteiger partial charge >= 0.3 is 6.03 Å². The highest BCUT2D eigenvalue weighted by atomic mass is 32.1. The van der Waals surface area contributed by atoms with Crippen LogP contribution in [0.3, 0.4) is 0 Å². The Morgan fingerprint density at radius 1 is 1.32 bits per heavy atom. The first kappa shape index (κ1) is 13.5. The molecule has 0 aliphatic carbocycles. The SMILES string of the molecule is CC(NC(=O)NCc1ccc(F)cc1)c1cccs1. The third-order valence-corrected chi connectivity index (χ3v) is 3.74. The predicted octanol–water partition coefficient (Wildman–Crippen LogP) is 3.45. The van der Waals surface area contributed by atoms with Gasteiger partial charge in [0.2, 0.25) is 0 Å². The minimum atomic E-state index is -0.278. The highest BCUT2D eigenvalue weighted by Gasteiger charge is 2.09. The molecule has 1 atom stereocenters. The molecule has 1 aromatic carbocycles. The molecule has 3 nitrogen and oxygen atoms in total. The van der Waals surface area contributed by atoms with E-state index in [2.05, 4.69) is 10.6 Å². The molecule has 0 radical (unpaired) electrons. The Hall–Kier alpha value is -1.88. The average molecular weight is 278 g/mol. The molecule has 0 bridgehead atoms. The number of benzene rings is 1. The summed E-state index contributed by atoms with van der Waals surface area (Å²) >= 11 is 1.60. The Morgan fingerprint density at radius 2 is 2.05 bits per heavy atom. The summed E-state index contributed by atoms with van der Waals surface area (Å²) in [5.41, 5.74) is 0.861. The first-order valence-corrected chi connectivity index (χ1v) is 6.85. The van der Waals surface area contributed by atoms with Crippen LogP contribution in [0.1, 0.15) is 23.4 Å². The van der Waals surface area contributed by atoms with Crippen molar-refractivity contribution < 1.29 is 9.18 Å². The molecule has 0 fully saturated rings. The lowest BCUT2D eigenvalue weighted by atomic mass is 10.2. The number of thiophene rings is 1. The summed E-state index contributed by atoms with van der Waals surface area (Å²) in [7, 11) is 0. The van der Waals surface area contributed by atoms with Crippen molar-refractivity contribution in [2.45, 2.75) is 19.5 Å². The van der Waals surface area contributed by atoms with Crippen LogP contribution in [0.25, 0.3) is 0 Å². The van der Waals surface area contributed by atoms with Crippen LogP contribution in [0.15, 0.2) is 41.8 Å². The normalized spacial score (nSPS) is 11.9. The summed E-state index contributed by atoms with van der Waals surface area (Å²) in [5.74, 6) is -0.278. The molecule has 2 aromatic rings. The quantitative estimate of drug-likeness (QED) is 0.883.